The quantitative estimate of drug-likeness (QED) is 0.835. The van der Waals surface area contributed by atoms with Crippen molar-refractivity contribution in [3.63, 3.8) is 0 Å². The number of rotatable bonds is 5. The number of nitrogens with zero attached hydrogens (tertiary/aromatic N) is 3. The number of amides is 1. The van der Waals surface area contributed by atoms with Gasteiger partial charge in [0.2, 0.25) is 0 Å². The molecule has 126 valence electrons. The van der Waals surface area contributed by atoms with Gasteiger partial charge in [-0.15, -0.1) is 0 Å². The average Bonchev–Trinajstić information content (AvgIpc) is 2.63. The zero-order valence-electron chi connectivity index (χ0n) is 13.4. The topological polar surface area (TPSA) is 45.7 Å². The fourth-order valence-corrected chi connectivity index (χ4v) is 2.76. The second-order valence-corrected chi connectivity index (χ2v) is 6.09. The molecule has 0 N–H and O–H groups in total. The maximum Gasteiger partial charge on any atom is 0.272 e. The fraction of sp³-hybridized carbons (Fsp3) is 0.333. The Bertz CT molecular complexity index is 656. The van der Waals surface area contributed by atoms with E-state index in [-0.39, 0.29) is 5.91 Å². The lowest BCUT2D eigenvalue weighted by molar-refractivity contribution is 0.0614. The first-order valence-corrected chi connectivity index (χ1v) is 8.41. The highest BCUT2D eigenvalue weighted by Gasteiger charge is 2.22. The number of para-hydroxylation sites is 1. The first-order chi connectivity index (χ1) is 11.7. The molecule has 0 atom stereocenters. The number of aromatic nitrogens is 1. The standard InChI is InChI=1S/C18H20ClN3O2/c19-15-6-7-17(20-14-15)18(23)22-10-8-21(9-11-22)12-13-24-16-4-2-1-3-5-16/h1-7,14H,8-13H2. The third-order valence-electron chi connectivity index (χ3n) is 4.03. The number of ether oxygens (including phenoxy) is 1. The number of benzene rings is 1. The molecule has 1 aliphatic heterocycles. The van der Waals surface area contributed by atoms with Crippen LogP contribution in [0.5, 0.6) is 5.75 Å². The molecule has 5 nitrogen and oxygen atoms in total. The predicted molar refractivity (Wildman–Crippen MR) is 93.5 cm³/mol. The third kappa shape index (κ3) is 4.46. The Kier molecular flexibility index (Phi) is 5.67. The van der Waals surface area contributed by atoms with Crippen molar-refractivity contribution < 1.29 is 9.53 Å². The van der Waals surface area contributed by atoms with Gasteiger partial charge in [-0.1, -0.05) is 29.8 Å². The monoisotopic (exact) mass is 345 g/mol. The molecule has 1 fully saturated rings. The van der Waals surface area contributed by atoms with E-state index in [1.165, 1.54) is 6.20 Å². The number of carbonyl (C=O) groups excluding carboxylic acids is 1. The van der Waals surface area contributed by atoms with Crippen molar-refractivity contribution in [1.82, 2.24) is 14.8 Å². The molecule has 1 aromatic carbocycles. The van der Waals surface area contributed by atoms with Crippen LogP contribution in [0, 0.1) is 0 Å². The number of pyridine rings is 1. The molecule has 1 saturated heterocycles. The minimum atomic E-state index is -0.0353. The van der Waals surface area contributed by atoms with Gasteiger partial charge < -0.3 is 9.64 Å². The lowest BCUT2D eigenvalue weighted by Gasteiger charge is -2.34. The van der Waals surface area contributed by atoms with Crippen molar-refractivity contribution in [3.8, 4) is 5.75 Å². The molecule has 0 aliphatic carbocycles. The van der Waals surface area contributed by atoms with Gasteiger partial charge in [-0.05, 0) is 24.3 Å². The maximum atomic E-state index is 12.4. The van der Waals surface area contributed by atoms with Gasteiger partial charge in [-0.3, -0.25) is 9.69 Å². The lowest BCUT2D eigenvalue weighted by Crippen LogP contribution is -2.49. The molecule has 1 amide bonds. The molecule has 1 aliphatic rings. The fourth-order valence-electron chi connectivity index (χ4n) is 2.65. The molecular weight excluding hydrogens is 326 g/mol. The van der Waals surface area contributed by atoms with Crippen LogP contribution in [0.15, 0.2) is 48.7 Å². The highest BCUT2D eigenvalue weighted by atomic mass is 35.5. The minimum Gasteiger partial charge on any atom is -0.492 e. The van der Waals surface area contributed by atoms with Gasteiger partial charge in [0.15, 0.2) is 0 Å². The van der Waals surface area contributed by atoms with E-state index in [0.29, 0.717) is 30.4 Å². The average molecular weight is 346 g/mol. The first-order valence-electron chi connectivity index (χ1n) is 8.03. The molecule has 0 saturated carbocycles. The molecule has 3 rings (SSSR count). The summed E-state index contributed by atoms with van der Waals surface area (Å²) >= 11 is 5.81. The van der Waals surface area contributed by atoms with Crippen molar-refractivity contribution in [2.75, 3.05) is 39.3 Å². The van der Waals surface area contributed by atoms with Crippen LogP contribution >= 0.6 is 11.6 Å². The van der Waals surface area contributed by atoms with Crippen LogP contribution < -0.4 is 4.74 Å². The summed E-state index contributed by atoms with van der Waals surface area (Å²) in [7, 11) is 0. The van der Waals surface area contributed by atoms with Crippen LogP contribution in [0.1, 0.15) is 10.5 Å². The number of hydrogen-bond donors (Lipinski definition) is 0. The van der Waals surface area contributed by atoms with E-state index >= 15 is 0 Å². The molecule has 6 heteroatoms. The number of carbonyl (C=O) groups is 1. The molecule has 0 bridgehead atoms. The Labute approximate surface area is 146 Å². The molecule has 2 heterocycles. The van der Waals surface area contributed by atoms with Crippen LogP contribution in [-0.4, -0.2) is 60.0 Å². The smallest absolute Gasteiger partial charge is 0.272 e. The zero-order chi connectivity index (χ0) is 16.8. The van der Waals surface area contributed by atoms with Gasteiger partial charge in [-0.25, -0.2) is 4.98 Å². The molecule has 24 heavy (non-hydrogen) atoms. The summed E-state index contributed by atoms with van der Waals surface area (Å²) in [6, 6.07) is 13.2. The summed E-state index contributed by atoms with van der Waals surface area (Å²) in [6.45, 7) is 4.60. The van der Waals surface area contributed by atoms with Gasteiger partial charge in [0.05, 0.1) is 5.02 Å². The van der Waals surface area contributed by atoms with Gasteiger partial charge in [0.25, 0.3) is 5.91 Å². The van der Waals surface area contributed by atoms with Gasteiger partial charge in [-0.2, -0.15) is 0 Å². The van der Waals surface area contributed by atoms with E-state index in [1.54, 1.807) is 12.1 Å². The third-order valence-corrected chi connectivity index (χ3v) is 4.25. The highest BCUT2D eigenvalue weighted by molar-refractivity contribution is 6.30. The van der Waals surface area contributed by atoms with Crippen LogP contribution in [0.3, 0.4) is 0 Å². The Hall–Kier alpha value is -2.11. The number of halogens is 1. The van der Waals surface area contributed by atoms with Gasteiger partial charge >= 0.3 is 0 Å². The van der Waals surface area contributed by atoms with Crippen LogP contribution in [-0.2, 0) is 0 Å². The molecular formula is C18H20ClN3O2. The lowest BCUT2D eigenvalue weighted by atomic mass is 10.2. The van der Waals surface area contributed by atoms with E-state index in [4.69, 9.17) is 16.3 Å². The Morgan fingerprint density at radius 1 is 1.08 bits per heavy atom. The Morgan fingerprint density at radius 3 is 2.50 bits per heavy atom. The zero-order valence-corrected chi connectivity index (χ0v) is 14.2. The van der Waals surface area contributed by atoms with E-state index < -0.39 is 0 Å². The van der Waals surface area contributed by atoms with Crippen molar-refractivity contribution in [3.05, 3.63) is 59.4 Å². The molecule has 2 aromatic rings. The molecule has 1 aromatic heterocycles. The Balaban J connectivity index is 1.42. The maximum absolute atomic E-state index is 12.4. The first kappa shape index (κ1) is 16.7. The second-order valence-electron chi connectivity index (χ2n) is 5.66. The van der Waals surface area contributed by atoms with E-state index in [9.17, 15) is 4.79 Å². The summed E-state index contributed by atoms with van der Waals surface area (Å²) in [5.74, 6) is 0.854. The van der Waals surface area contributed by atoms with Gasteiger partial charge in [0.1, 0.15) is 18.1 Å². The van der Waals surface area contributed by atoms with Gasteiger partial charge in [0, 0.05) is 38.9 Å². The van der Waals surface area contributed by atoms with Crippen molar-refractivity contribution in [2.24, 2.45) is 0 Å². The molecule has 0 unspecified atom stereocenters. The summed E-state index contributed by atoms with van der Waals surface area (Å²) in [5, 5.41) is 0.537. The summed E-state index contributed by atoms with van der Waals surface area (Å²) in [5.41, 5.74) is 0.445. The minimum absolute atomic E-state index is 0.0353. The molecule has 0 spiro atoms. The highest BCUT2D eigenvalue weighted by Crippen LogP contribution is 2.11. The largest absolute Gasteiger partial charge is 0.492 e. The predicted octanol–water partition coefficient (Wildman–Crippen LogP) is 2.57. The van der Waals surface area contributed by atoms with Crippen LogP contribution in [0.4, 0.5) is 0 Å². The Morgan fingerprint density at radius 2 is 1.83 bits per heavy atom. The number of hydrogen-bond acceptors (Lipinski definition) is 4. The normalized spacial score (nSPS) is 15.3. The summed E-state index contributed by atoms with van der Waals surface area (Å²) < 4.78 is 5.72. The van der Waals surface area contributed by atoms with E-state index in [0.717, 1.165) is 25.4 Å². The van der Waals surface area contributed by atoms with Crippen molar-refractivity contribution in [2.45, 2.75) is 0 Å². The van der Waals surface area contributed by atoms with Crippen molar-refractivity contribution >= 4 is 17.5 Å². The SMILES string of the molecule is O=C(c1ccc(Cl)cn1)N1CCN(CCOc2ccccc2)CC1. The van der Waals surface area contributed by atoms with E-state index in [2.05, 4.69) is 9.88 Å². The van der Waals surface area contributed by atoms with Crippen LogP contribution in [0.25, 0.3) is 0 Å². The van der Waals surface area contributed by atoms with E-state index in [1.807, 2.05) is 35.2 Å². The number of piperazine rings is 1. The van der Waals surface area contributed by atoms with Crippen molar-refractivity contribution in [1.29, 1.82) is 0 Å². The molecule has 0 radical (unpaired) electrons. The summed E-state index contributed by atoms with van der Waals surface area (Å²) in [4.78, 5) is 20.6. The second kappa shape index (κ2) is 8.13. The van der Waals surface area contributed by atoms with Crippen LogP contribution in [0.2, 0.25) is 5.02 Å². The summed E-state index contributed by atoms with van der Waals surface area (Å²) in [6.07, 6.45) is 1.51.